The van der Waals surface area contributed by atoms with Crippen molar-refractivity contribution in [3.05, 3.63) is 23.9 Å². The molecule has 0 atom stereocenters. The fraction of sp³-hybridized carbons (Fsp3) is 0.500. The summed E-state index contributed by atoms with van der Waals surface area (Å²) >= 11 is 0. The van der Waals surface area contributed by atoms with E-state index in [4.69, 9.17) is 5.73 Å². The summed E-state index contributed by atoms with van der Waals surface area (Å²) in [5.41, 5.74) is 6.30. The summed E-state index contributed by atoms with van der Waals surface area (Å²) in [4.78, 5) is 4.17. The van der Waals surface area contributed by atoms with E-state index in [1.165, 1.54) is 6.42 Å². The van der Waals surface area contributed by atoms with Crippen molar-refractivity contribution in [2.45, 2.75) is 26.7 Å². The van der Waals surface area contributed by atoms with Gasteiger partial charge in [0.1, 0.15) is 0 Å². The third kappa shape index (κ3) is 7.06. The Labute approximate surface area is 74.9 Å². The smallest absolute Gasteiger partial charge is 0.0389 e. The van der Waals surface area contributed by atoms with E-state index < -0.39 is 0 Å². The first kappa shape index (κ1) is 11.0. The van der Waals surface area contributed by atoms with E-state index in [0.29, 0.717) is 0 Å². The highest BCUT2D eigenvalue weighted by molar-refractivity contribution is 5.71. The van der Waals surface area contributed by atoms with Gasteiger partial charge >= 0.3 is 0 Å². The minimum atomic E-state index is 0.775. The molecule has 0 rings (SSSR count). The number of nitrogens with zero attached hydrogens (tertiary/aromatic N) is 1. The van der Waals surface area contributed by atoms with Crippen LogP contribution in [0.3, 0.4) is 0 Å². The number of rotatable bonds is 5. The van der Waals surface area contributed by atoms with Gasteiger partial charge in [0.25, 0.3) is 0 Å². The molecule has 0 amide bonds. The predicted octanol–water partition coefficient (Wildman–Crippen LogP) is 2.28. The van der Waals surface area contributed by atoms with E-state index in [1.54, 1.807) is 6.21 Å². The zero-order chi connectivity index (χ0) is 9.23. The number of unbranched alkanes of at least 4 members (excludes halogenated alkanes) is 1. The van der Waals surface area contributed by atoms with Crippen LogP contribution in [0.15, 0.2) is 28.9 Å². The maximum atomic E-state index is 5.53. The van der Waals surface area contributed by atoms with Gasteiger partial charge in [-0.15, -0.1) is 0 Å². The first-order valence-electron chi connectivity index (χ1n) is 4.39. The third-order valence-corrected chi connectivity index (χ3v) is 1.45. The van der Waals surface area contributed by atoms with Crippen LogP contribution in [0.1, 0.15) is 26.7 Å². The van der Waals surface area contributed by atoms with E-state index >= 15 is 0 Å². The Bertz CT molecular complexity index is 178. The van der Waals surface area contributed by atoms with Crippen LogP contribution in [0.5, 0.6) is 0 Å². The molecule has 0 aromatic heterocycles. The zero-order valence-electron chi connectivity index (χ0n) is 7.96. The molecule has 0 fully saturated rings. The van der Waals surface area contributed by atoms with Crippen LogP contribution < -0.4 is 5.73 Å². The summed E-state index contributed by atoms with van der Waals surface area (Å²) < 4.78 is 0. The predicted molar refractivity (Wildman–Crippen MR) is 55.4 cm³/mol. The summed E-state index contributed by atoms with van der Waals surface area (Å²) in [7, 11) is 0. The van der Waals surface area contributed by atoms with Gasteiger partial charge in [0.05, 0.1) is 0 Å². The van der Waals surface area contributed by atoms with Crippen LogP contribution in [0.4, 0.5) is 0 Å². The molecular formula is C10H18N2. The Hall–Kier alpha value is -1.05. The number of nitrogens with two attached hydrogens (primary N) is 1. The summed E-state index contributed by atoms with van der Waals surface area (Å²) in [6.07, 6.45) is 9.71. The summed E-state index contributed by atoms with van der Waals surface area (Å²) in [6.45, 7) is 4.98. The fourth-order valence-corrected chi connectivity index (χ4v) is 0.635. The van der Waals surface area contributed by atoms with E-state index in [0.717, 1.165) is 18.7 Å². The van der Waals surface area contributed by atoms with Gasteiger partial charge in [-0.3, -0.25) is 4.99 Å². The molecule has 2 N–H and O–H groups in total. The van der Waals surface area contributed by atoms with Gasteiger partial charge in [0.15, 0.2) is 0 Å². The van der Waals surface area contributed by atoms with Crippen LogP contribution >= 0.6 is 0 Å². The minimum absolute atomic E-state index is 0.775. The molecule has 0 aromatic carbocycles. The molecule has 0 aromatic rings. The number of aliphatic imine (C=N–C) groups is 1. The zero-order valence-corrected chi connectivity index (χ0v) is 7.96. The van der Waals surface area contributed by atoms with Crippen LogP contribution in [-0.4, -0.2) is 12.8 Å². The second kappa shape index (κ2) is 8.05. The molecule has 0 aliphatic rings. The van der Waals surface area contributed by atoms with E-state index in [1.807, 2.05) is 25.2 Å². The Morgan fingerprint density at radius 3 is 2.83 bits per heavy atom. The molecule has 0 aliphatic carbocycles. The molecule has 0 aliphatic heterocycles. The topological polar surface area (TPSA) is 38.4 Å². The lowest BCUT2D eigenvalue weighted by atomic mass is 10.3. The standard InChI is InChI=1S/C10H18N2/c1-3-5-8-12-9-6-7-10(11)4-2/h4,6-7,9H,3,5,8,11H2,1-2H3/b7-6-,10-4-,12-9-. The average Bonchev–Trinajstić information content (AvgIpc) is 2.10. The van der Waals surface area contributed by atoms with Crippen LogP contribution in [0, 0.1) is 0 Å². The lowest BCUT2D eigenvalue weighted by molar-refractivity contribution is 0.810. The van der Waals surface area contributed by atoms with Crippen molar-refractivity contribution in [1.82, 2.24) is 0 Å². The van der Waals surface area contributed by atoms with Gasteiger partial charge in [-0.05, 0) is 25.5 Å². The Kier molecular flexibility index (Phi) is 7.35. The monoisotopic (exact) mass is 166 g/mol. The Balaban J connectivity index is 3.52. The van der Waals surface area contributed by atoms with Crippen molar-refractivity contribution in [2.75, 3.05) is 6.54 Å². The van der Waals surface area contributed by atoms with Gasteiger partial charge in [0, 0.05) is 18.5 Å². The molecule has 0 radical (unpaired) electrons. The summed E-state index contributed by atoms with van der Waals surface area (Å²) in [5, 5.41) is 0. The lowest BCUT2D eigenvalue weighted by Gasteiger charge is -1.87. The minimum Gasteiger partial charge on any atom is -0.399 e. The van der Waals surface area contributed by atoms with Gasteiger partial charge in [0.2, 0.25) is 0 Å². The highest BCUT2D eigenvalue weighted by Crippen LogP contribution is 1.87. The van der Waals surface area contributed by atoms with E-state index in [2.05, 4.69) is 11.9 Å². The largest absolute Gasteiger partial charge is 0.399 e. The van der Waals surface area contributed by atoms with Crippen molar-refractivity contribution >= 4 is 6.21 Å². The quantitative estimate of drug-likeness (QED) is 0.380. The van der Waals surface area contributed by atoms with Crippen molar-refractivity contribution in [2.24, 2.45) is 10.7 Å². The fourth-order valence-electron chi connectivity index (χ4n) is 0.635. The second-order valence-corrected chi connectivity index (χ2v) is 2.56. The van der Waals surface area contributed by atoms with Crippen molar-refractivity contribution in [3.8, 4) is 0 Å². The Morgan fingerprint density at radius 2 is 2.25 bits per heavy atom. The molecule has 0 unspecified atom stereocenters. The van der Waals surface area contributed by atoms with Gasteiger partial charge < -0.3 is 5.73 Å². The molecule has 0 spiro atoms. The van der Waals surface area contributed by atoms with Crippen LogP contribution in [-0.2, 0) is 0 Å². The van der Waals surface area contributed by atoms with Crippen LogP contribution in [0.2, 0.25) is 0 Å². The molecule has 0 saturated carbocycles. The lowest BCUT2D eigenvalue weighted by Crippen LogP contribution is -1.90. The van der Waals surface area contributed by atoms with Crippen molar-refractivity contribution in [3.63, 3.8) is 0 Å². The first-order valence-corrected chi connectivity index (χ1v) is 4.39. The number of hydrogen-bond donors (Lipinski definition) is 1. The van der Waals surface area contributed by atoms with Crippen molar-refractivity contribution in [1.29, 1.82) is 0 Å². The maximum Gasteiger partial charge on any atom is 0.0389 e. The third-order valence-electron chi connectivity index (χ3n) is 1.45. The molecule has 0 saturated heterocycles. The molecule has 0 heterocycles. The average molecular weight is 166 g/mol. The van der Waals surface area contributed by atoms with Crippen LogP contribution in [0.25, 0.3) is 0 Å². The second-order valence-electron chi connectivity index (χ2n) is 2.56. The first-order chi connectivity index (χ1) is 5.81. The van der Waals surface area contributed by atoms with E-state index in [-0.39, 0.29) is 0 Å². The normalized spacial score (nSPS) is 13.3. The number of hydrogen-bond acceptors (Lipinski definition) is 2. The summed E-state index contributed by atoms with van der Waals surface area (Å²) in [5.74, 6) is 0. The number of allylic oxidation sites excluding steroid dienone is 3. The molecule has 12 heavy (non-hydrogen) atoms. The molecule has 2 heteroatoms. The van der Waals surface area contributed by atoms with E-state index in [9.17, 15) is 0 Å². The van der Waals surface area contributed by atoms with Crippen molar-refractivity contribution < 1.29 is 0 Å². The summed E-state index contributed by atoms with van der Waals surface area (Å²) in [6, 6.07) is 0. The SMILES string of the molecule is C/C=C(N)/C=C\C=N/CCCC. The highest BCUT2D eigenvalue weighted by Gasteiger charge is 1.76. The Morgan fingerprint density at radius 1 is 1.50 bits per heavy atom. The molecule has 2 nitrogen and oxygen atoms in total. The van der Waals surface area contributed by atoms with Gasteiger partial charge in [-0.1, -0.05) is 19.4 Å². The molecule has 68 valence electrons. The highest BCUT2D eigenvalue weighted by atomic mass is 14.7. The molecule has 0 bridgehead atoms. The van der Waals surface area contributed by atoms with Gasteiger partial charge in [-0.2, -0.15) is 0 Å². The van der Waals surface area contributed by atoms with Gasteiger partial charge in [-0.25, -0.2) is 0 Å². The molecular weight excluding hydrogens is 148 g/mol. The maximum absolute atomic E-state index is 5.53.